The minimum atomic E-state index is -4.64. The van der Waals surface area contributed by atoms with E-state index >= 15 is 0 Å². The molecule has 2 aliphatic heterocycles. The number of aromatic nitrogens is 2. The van der Waals surface area contributed by atoms with E-state index in [1.807, 2.05) is 20.9 Å². The maximum atomic E-state index is 13.7. The molecule has 152 valence electrons. The van der Waals surface area contributed by atoms with Gasteiger partial charge in [-0.3, -0.25) is 9.48 Å². The molecule has 0 spiro atoms. The number of alkyl halides is 3. The second-order valence-electron chi connectivity index (χ2n) is 8.47. The predicted molar refractivity (Wildman–Crippen MR) is 96.6 cm³/mol. The van der Waals surface area contributed by atoms with E-state index in [2.05, 4.69) is 10.00 Å². The van der Waals surface area contributed by atoms with Crippen molar-refractivity contribution in [2.24, 2.45) is 11.8 Å². The van der Waals surface area contributed by atoms with Crippen LogP contribution in [0.15, 0.2) is 0 Å². The zero-order valence-electron chi connectivity index (χ0n) is 16.5. The normalized spacial score (nSPS) is 27.8. The van der Waals surface area contributed by atoms with Gasteiger partial charge < -0.3 is 9.80 Å². The summed E-state index contributed by atoms with van der Waals surface area (Å²) in [6, 6.07) is -0.134. The van der Waals surface area contributed by atoms with Gasteiger partial charge in [-0.2, -0.15) is 18.3 Å². The van der Waals surface area contributed by atoms with E-state index in [1.165, 1.54) is 4.68 Å². The van der Waals surface area contributed by atoms with Crippen molar-refractivity contribution in [3.05, 3.63) is 17.0 Å². The third-order valence-electron chi connectivity index (χ3n) is 5.73. The Kier molecular flexibility index (Phi) is 5.57. The van der Waals surface area contributed by atoms with E-state index in [0.29, 0.717) is 25.3 Å². The summed E-state index contributed by atoms with van der Waals surface area (Å²) in [4.78, 5) is 16.8. The summed E-state index contributed by atoms with van der Waals surface area (Å²) < 4.78 is 42.6. The second-order valence-corrected chi connectivity index (χ2v) is 8.47. The first-order valence-corrected chi connectivity index (χ1v) is 9.72. The predicted octanol–water partition coefficient (Wildman–Crippen LogP) is 3.60. The van der Waals surface area contributed by atoms with Crippen LogP contribution < -0.4 is 0 Å². The van der Waals surface area contributed by atoms with Crippen LogP contribution in [0.5, 0.6) is 0 Å². The summed E-state index contributed by atoms with van der Waals surface area (Å²) in [5.41, 5.74) is -0.973. The summed E-state index contributed by atoms with van der Waals surface area (Å²) in [6.45, 7) is 8.24. The standard InChI is InChI=1S/C19H29F3N4O/c1-12-8-13(2)10-25(9-12)18(27)16-14(3)26(23-17(16)19(20,21)22)15-6-5-7-24(4)11-15/h12-13,15H,5-11H2,1-4H3. The molecule has 0 radical (unpaired) electrons. The highest BCUT2D eigenvalue weighted by atomic mass is 19.4. The van der Waals surface area contributed by atoms with Crippen LogP contribution in [-0.2, 0) is 6.18 Å². The van der Waals surface area contributed by atoms with Crippen LogP contribution in [0.2, 0.25) is 0 Å². The van der Waals surface area contributed by atoms with Gasteiger partial charge in [-0.15, -0.1) is 0 Å². The Bertz CT molecular complexity index is 690. The van der Waals surface area contributed by atoms with Crippen molar-refractivity contribution in [3.63, 3.8) is 0 Å². The van der Waals surface area contributed by atoms with E-state index in [4.69, 9.17) is 0 Å². The maximum absolute atomic E-state index is 13.7. The number of hydrogen-bond acceptors (Lipinski definition) is 3. The highest BCUT2D eigenvalue weighted by molar-refractivity contribution is 5.96. The molecule has 3 unspecified atom stereocenters. The third-order valence-corrected chi connectivity index (χ3v) is 5.73. The van der Waals surface area contributed by atoms with Gasteiger partial charge in [0.05, 0.1) is 11.6 Å². The topological polar surface area (TPSA) is 41.4 Å². The monoisotopic (exact) mass is 386 g/mol. The first-order chi connectivity index (χ1) is 12.6. The number of carbonyl (C=O) groups excluding carboxylic acids is 1. The molecule has 27 heavy (non-hydrogen) atoms. The molecule has 8 heteroatoms. The summed E-state index contributed by atoms with van der Waals surface area (Å²) in [6.07, 6.45) is -1.97. The number of carbonyl (C=O) groups is 1. The highest BCUT2D eigenvalue weighted by Crippen LogP contribution is 2.36. The number of nitrogens with zero attached hydrogens (tertiary/aromatic N) is 4. The number of likely N-dealkylation sites (tertiary alicyclic amines) is 2. The molecule has 1 aromatic rings. The Balaban J connectivity index is 1.99. The number of piperidine rings is 2. The largest absolute Gasteiger partial charge is 0.435 e. The number of rotatable bonds is 2. The van der Waals surface area contributed by atoms with Crippen LogP contribution in [0.25, 0.3) is 0 Å². The van der Waals surface area contributed by atoms with E-state index in [-0.39, 0.29) is 23.4 Å². The van der Waals surface area contributed by atoms with Crippen molar-refractivity contribution in [2.75, 3.05) is 33.2 Å². The zero-order valence-corrected chi connectivity index (χ0v) is 16.5. The Morgan fingerprint density at radius 3 is 2.33 bits per heavy atom. The van der Waals surface area contributed by atoms with Crippen LogP contribution in [0.1, 0.15) is 60.9 Å². The summed E-state index contributed by atoms with van der Waals surface area (Å²) in [5.74, 6) is 0.0393. The second kappa shape index (κ2) is 7.45. The minimum Gasteiger partial charge on any atom is -0.338 e. The van der Waals surface area contributed by atoms with Crippen LogP contribution in [0, 0.1) is 18.8 Å². The molecule has 0 saturated carbocycles. The van der Waals surface area contributed by atoms with Crippen LogP contribution in [0.3, 0.4) is 0 Å². The first-order valence-electron chi connectivity index (χ1n) is 9.72. The van der Waals surface area contributed by atoms with Gasteiger partial charge in [0.25, 0.3) is 5.91 Å². The molecule has 2 fully saturated rings. The van der Waals surface area contributed by atoms with E-state index < -0.39 is 17.8 Å². The fraction of sp³-hybridized carbons (Fsp3) is 0.789. The zero-order chi connectivity index (χ0) is 19.9. The molecule has 0 aromatic carbocycles. The number of amides is 1. The van der Waals surface area contributed by atoms with Gasteiger partial charge in [0.1, 0.15) is 0 Å². The van der Waals surface area contributed by atoms with E-state index in [1.54, 1.807) is 11.8 Å². The molecule has 1 amide bonds. The van der Waals surface area contributed by atoms with E-state index in [9.17, 15) is 18.0 Å². The number of likely N-dealkylation sites (N-methyl/N-ethyl adjacent to an activating group) is 1. The van der Waals surface area contributed by atoms with Crippen LogP contribution in [-0.4, -0.2) is 58.7 Å². The van der Waals surface area contributed by atoms with Crippen molar-refractivity contribution in [3.8, 4) is 0 Å². The van der Waals surface area contributed by atoms with Crippen molar-refractivity contribution in [2.45, 2.75) is 52.3 Å². The molecule has 2 aliphatic rings. The molecule has 1 aromatic heterocycles. The summed E-state index contributed by atoms with van der Waals surface area (Å²) in [5, 5.41) is 3.91. The van der Waals surface area contributed by atoms with Gasteiger partial charge >= 0.3 is 6.18 Å². The Morgan fingerprint density at radius 2 is 1.78 bits per heavy atom. The van der Waals surface area contributed by atoms with Gasteiger partial charge in [0.15, 0.2) is 5.69 Å². The molecule has 3 atom stereocenters. The van der Waals surface area contributed by atoms with E-state index in [0.717, 1.165) is 25.8 Å². The lowest BCUT2D eigenvalue weighted by Crippen LogP contribution is -2.43. The Labute approximate surface area is 158 Å². The molecular formula is C19H29F3N4O. The Hall–Kier alpha value is -1.57. The fourth-order valence-corrected chi connectivity index (χ4v) is 4.65. The molecule has 3 heterocycles. The van der Waals surface area contributed by atoms with Gasteiger partial charge in [-0.1, -0.05) is 13.8 Å². The van der Waals surface area contributed by atoms with Crippen molar-refractivity contribution in [1.82, 2.24) is 19.6 Å². The average molecular weight is 386 g/mol. The molecule has 0 aliphatic carbocycles. The number of hydrogen-bond donors (Lipinski definition) is 0. The van der Waals surface area contributed by atoms with Gasteiger partial charge in [-0.05, 0) is 51.6 Å². The lowest BCUT2D eigenvalue weighted by atomic mass is 9.91. The average Bonchev–Trinajstić information content (AvgIpc) is 2.91. The molecule has 5 nitrogen and oxygen atoms in total. The first kappa shape index (κ1) is 20.2. The van der Waals surface area contributed by atoms with Crippen molar-refractivity contribution < 1.29 is 18.0 Å². The van der Waals surface area contributed by atoms with Crippen molar-refractivity contribution in [1.29, 1.82) is 0 Å². The lowest BCUT2D eigenvalue weighted by Gasteiger charge is -2.35. The van der Waals surface area contributed by atoms with Crippen LogP contribution >= 0.6 is 0 Å². The lowest BCUT2D eigenvalue weighted by molar-refractivity contribution is -0.142. The van der Waals surface area contributed by atoms with Gasteiger partial charge in [-0.25, -0.2) is 0 Å². The SMILES string of the molecule is Cc1c(C(=O)N2CC(C)CC(C)C2)c(C(F)(F)F)nn1C1CCCN(C)C1. The summed E-state index contributed by atoms with van der Waals surface area (Å²) >= 11 is 0. The Morgan fingerprint density at radius 1 is 1.15 bits per heavy atom. The fourth-order valence-electron chi connectivity index (χ4n) is 4.65. The van der Waals surface area contributed by atoms with Crippen molar-refractivity contribution >= 4 is 5.91 Å². The molecule has 0 bridgehead atoms. The van der Waals surface area contributed by atoms with Gasteiger partial charge in [0.2, 0.25) is 0 Å². The smallest absolute Gasteiger partial charge is 0.338 e. The van der Waals surface area contributed by atoms with Gasteiger partial charge in [0, 0.05) is 25.3 Å². The molecule has 2 saturated heterocycles. The number of halogens is 3. The quantitative estimate of drug-likeness (QED) is 0.780. The maximum Gasteiger partial charge on any atom is 0.435 e. The highest BCUT2D eigenvalue weighted by Gasteiger charge is 2.43. The van der Waals surface area contributed by atoms with Crippen LogP contribution in [0.4, 0.5) is 13.2 Å². The molecular weight excluding hydrogens is 357 g/mol. The third kappa shape index (κ3) is 4.15. The molecule has 3 rings (SSSR count). The summed E-state index contributed by atoms with van der Waals surface area (Å²) in [7, 11) is 1.96. The molecule has 0 N–H and O–H groups in total. The minimum absolute atomic E-state index is 0.134.